The van der Waals surface area contributed by atoms with Crippen molar-refractivity contribution in [1.82, 2.24) is 4.98 Å². The lowest BCUT2D eigenvalue weighted by Gasteiger charge is -2.12. The fourth-order valence-electron chi connectivity index (χ4n) is 1.60. The van der Waals surface area contributed by atoms with Crippen molar-refractivity contribution in [2.75, 3.05) is 6.61 Å². The highest BCUT2D eigenvalue weighted by atomic mass is 79.9. The molecule has 0 fully saturated rings. The lowest BCUT2D eigenvalue weighted by Crippen LogP contribution is -2.12. The van der Waals surface area contributed by atoms with Gasteiger partial charge in [-0.1, -0.05) is 0 Å². The van der Waals surface area contributed by atoms with Crippen LogP contribution in [0.1, 0.15) is 24.1 Å². The van der Waals surface area contributed by atoms with Crippen molar-refractivity contribution in [3.05, 3.63) is 43.2 Å². The van der Waals surface area contributed by atoms with Crippen molar-refractivity contribution < 1.29 is 4.74 Å². The number of pyridine rings is 1. The molecule has 6 heteroatoms. The first kappa shape index (κ1) is 14.0. The van der Waals surface area contributed by atoms with Gasteiger partial charge in [-0.2, -0.15) is 0 Å². The molecule has 0 radical (unpaired) electrons. The SMILES string of the molecule is CCOc1cncc(C(N)c2cc(Br)sc2Br)c1. The van der Waals surface area contributed by atoms with Crippen LogP contribution in [0.15, 0.2) is 32.1 Å². The summed E-state index contributed by atoms with van der Waals surface area (Å²) in [7, 11) is 0. The van der Waals surface area contributed by atoms with Gasteiger partial charge in [-0.15, -0.1) is 11.3 Å². The number of hydrogen-bond acceptors (Lipinski definition) is 4. The molecule has 18 heavy (non-hydrogen) atoms. The molecule has 2 aromatic rings. The molecule has 0 aliphatic rings. The van der Waals surface area contributed by atoms with Crippen molar-refractivity contribution in [2.45, 2.75) is 13.0 Å². The van der Waals surface area contributed by atoms with Gasteiger partial charge >= 0.3 is 0 Å². The second kappa shape index (κ2) is 6.14. The molecule has 96 valence electrons. The number of aromatic nitrogens is 1. The van der Waals surface area contributed by atoms with Crippen LogP contribution in [0.2, 0.25) is 0 Å². The highest BCUT2D eigenvalue weighted by molar-refractivity contribution is 9.12. The molecule has 3 nitrogen and oxygen atoms in total. The van der Waals surface area contributed by atoms with Crippen molar-refractivity contribution in [3.63, 3.8) is 0 Å². The summed E-state index contributed by atoms with van der Waals surface area (Å²) in [5.41, 5.74) is 8.24. The molecule has 2 N–H and O–H groups in total. The summed E-state index contributed by atoms with van der Waals surface area (Å²) in [5, 5.41) is 0. The van der Waals surface area contributed by atoms with Gasteiger partial charge in [0.2, 0.25) is 0 Å². The minimum atomic E-state index is -0.213. The van der Waals surface area contributed by atoms with Crippen LogP contribution in [0.4, 0.5) is 0 Å². The van der Waals surface area contributed by atoms with E-state index in [9.17, 15) is 0 Å². The molecule has 2 rings (SSSR count). The number of nitrogens with two attached hydrogens (primary N) is 1. The summed E-state index contributed by atoms with van der Waals surface area (Å²) < 4.78 is 7.51. The van der Waals surface area contributed by atoms with Crippen molar-refractivity contribution >= 4 is 43.2 Å². The zero-order valence-corrected chi connectivity index (χ0v) is 13.7. The Balaban J connectivity index is 2.30. The van der Waals surface area contributed by atoms with E-state index in [1.165, 1.54) is 0 Å². The van der Waals surface area contributed by atoms with Crippen LogP contribution < -0.4 is 10.5 Å². The lowest BCUT2D eigenvalue weighted by molar-refractivity contribution is 0.338. The summed E-state index contributed by atoms with van der Waals surface area (Å²) >= 11 is 8.59. The molecule has 0 aliphatic carbocycles. The molecule has 0 saturated carbocycles. The third kappa shape index (κ3) is 3.12. The van der Waals surface area contributed by atoms with Crippen molar-refractivity contribution in [2.24, 2.45) is 5.73 Å². The Bertz CT molecular complexity index is 545. The van der Waals surface area contributed by atoms with E-state index in [1.54, 1.807) is 23.7 Å². The average molecular weight is 392 g/mol. The van der Waals surface area contributed by atoms with Gasteiger partial charge in [0, 0.05) is 6.20 Å². The third-order valence-corrected chi connectivity index (χ3v) is 4.81. The van der Waals surface area contributed by atoms with Crippen LogP contribution in [0, 0.1) is 0 Å². The van der Waals surface area contributed by atoms with Crippen LogP contribution in [0.25, 0.3) is 0 Å². The Hall–Kier alpha value is -0.430. The van der Waals surface area contributed by atoms with E-state index in [4.69, 9.17) is 10.5 Å². The molecular formula is C12H12Br2N2OS. The van der Waals surface area contributed by atoms with E-state index in [-0.39, 0.29) is 6.04 Å². The molecule has 0 saturated heterocycles. The predicted molar refractivity (Wildman–Crippen MR) is 81.2 cm³/mol. The van der Waals surface area contributed by atoms with E-state index in [0.29, 0.717) is 6.61 Å². The number of hydrogen-bond donors (Lipinski definition) is 1. The van der Waals surface area contributed by atoms with E-state index >= 15 is 0 Å². The first-order chi connectivity index (χ1) is 8.61. The molecule has 0 bridgehead atoms. The standard InChI is InChI=1S/C12H12Br2N2OS/c1-2-17-8-3-7(5-16-6-8)11(15)9-4-10(13)18-12(9)14/h3-6,11H,2,15H2,1H3. The number of ether oxygens (including phenoxy) is 1. The van der Waals surface area contributed by atoms with Gasteiger partial charge in [-0.25, -0.2) is 0 Å². The summed E-state index contributed by atoms with van der Waals surface area (Å²) in [6.45, 7) is 2.56. The van der Waals surface area contributed by atoms with Crippen LogP contribution >= 0.6 is 43.2 Å². The molecule has 0 aromatic carbocycles. The average Bonchev–Trinajstić information content (AvgIpc) is 2.68. The highest BCUT2D eigenvalue weighted by Gasteiger charge is 2.16. The smallest absolute Gasteiger partial charge is 0.137 e. The van der Waals surface area contributed by atoms with Crippen LogP contribution in [-0.2, 0) is 0 Å². The fourth-order valence-corrected chi connectivity index (χ4v) is 4.52. The van der Waals surface area contributed by atoms with Gasteiger partial charge in [0.25, 0.3) is 0 Å². The first-order valence-corrected chi connectivity index (χ1v) is 7.80. The maximum atomic E-state index is 6.26. The van der Waals surface area contributed by atoms with Crippen molar-refractivity contribution in [1.29, 1.82) is 0 Å². The minimum absolute atomic E-state index is 0.213. The monoisotopic (exact) mass is 390 g/mol. The molecule has 1 unspecified atom stereocenters. The first-order valence-electron chi connectivity index (χ1n) is 5.40. The molecule has 0 amide bonds. The maximum absolute atomic E-state index is 6.26. The third-order valence-electron chi connectivity index (χ3n) is 2.42. The van der Waals surface area contributed by atoms with Crippen LogP contribution in [0.3, 0.4) is 0 Å². The van der Waals surface area contributed by atoms with Crippen molar-refractivity contribution in [3.8, 4) is 5.75 Å². The van der Waals surface area contributed by atoms with Crippen LogP contribution in [-0.4, -0.2) is 11.6 Å². The van der Waals surface area contributed by atoms with Gasteiger partial charge in [0.1, 0.15) is 5.75 Å². The van der Waals surface area contributed by atoms with Crippen LogP contribution in [0.5, 0.6) is 5.75 Å². The molecular weight excluding hydrogens is 380 g/mol. The number of rotatable bonds is 4. The second-order valence-electron chi connectivity index (χ2n) is 3.64. The number of nitrogens with zero attached hydrogens (tertiary/aromatic N) is 1. The van der Waals surface area contributed by atoms with E-state index in [0.717, 1.165) is 24.4 Å². The van der Waals surface area contributed by atoms with Gasteiger partial charge in [0.15, 0.2) is 0 Å². The molecule has 0 aliphatic heterocycles. The minimum Gasteiger partial charge on any atom is -0.492 e. The Labute approximate surface area is 127 Å². The normalized spacial score (nSPS) is 12.4. The molecule has 2 aromatic heterocycles. The highest BCUT2D eigenvalue weighted by Crippen LogP contribution is 2.37. The van der Waals surface area contributed by atoms with E-state index < -0.39 is 0 Å². The van der Waals surface area contributed by atoms with Gasteiger partial charge in [-0.05, 0) is 62.0 Å². The summed E-state index contributed by atoms with van der Waals surface area (Å²) in [5.74, 6) is 0.746. The Morgan fingerprint density at radius 3 is 2.78 bits per heavy atom. The lowest BCUT2D eigenvalue weighted by atomic mass is 10.0. The largest absolute Gasteiger partial charge is 0.492 e. The second-order valence-corrected chi connectivity index (χ2v) is 7.39. The van der Waals surface area contributed by atoms with Gasteiger partial charge in [0.05, 0.1) is 26.4 Å². The fraction of sp³-hybridized carbons (Fsp3) is 0.250. The zero-order chi connectivity index (χ0) is 13.1. The maximum Gasteiger partial charge on any atom is 0.137 e. The Kier molecular flexibility index (Phi) is 4.77. The van der Waals surface area contributed by atoms with E-state index in [2.05, 4.69) is 36.8 Å². The topological polar surface area (TPSA) is 48.1 Å². The number of thiophene rings is 1. The predicted octanol–water partition coefficient (Wildman–Crippen LogP) is 4.11. The molecule has 0 spiro atoms. The quantitative estimate of drug-likeness (QED) is 0.852. The Morgan fingerprint density at radius 1 is 1.39 bits per heavy atom. The zero-order valence-electron chi connectivity index (χ0n) is 9.69. The Morgan fingerprint density at radius 2 is 2.17 bits per heavy atom. The van der Waals surface area contributed by atoms with E-state index in [1.807, 2.05) is 19.1 Å². The molecule has 1 atom stereocenters. The van der Waals surface area contributed by atoms with Gasteiger partial charge < -0.3 is 10.5 Å². The number of halogens is 2. The summed E-state index contributed by atoms with van der Waals surface area (Å²) in [4.78, 5) is 4.16. The summed E-state index contributed by atoms with van der Waals surface area (Å²) in [6, 6.07) is 3.74. The molecule has 2 heterocycles. The summed E-state index contributed by atoms with van der Waals surface area (Å²) in [6.07, 6.45) is 3.46. The van der Waals surface area contributed by atoms with Gasteiger partial charge in [-0.3, -0.25) is 4.98 Å².